The van der Waals surface area contributed by atoms with Crippen LogP contribution < -0.4 is 4.80 Å². The smallest absolute Gasteiger partial charge is 0.307 e. The van der Waals surface area contributed by atoms with E-state index in [0.29, 0.717) is 23.9 Å². The fourth-order valence-corrected chi connectivity index (χ4v) is 3.54. The van der Waals surface area contributed by atoms with Gasteiger partial charge in [0.15, 0.2) is 4.80 Å². The molecule has 0 N–H and O–H groups in total. The molecule has 0 fully saturated rings. The molecule has 0 saturated heterocycles. The summed E-state index contributed by atoms with van der Waals surface area (Å²) in [6, 6.07) is 6.29. The molecular weight excluding hydrogens is 348 g/mol. The van der Waals surface area contributed by atoms with Crippen LogP contribution >= 0.6 is 11.3 Å². The second-order valence-corrected chi connectivity index (χ2v) is 8.65. The Hall–Kier alpha value is -1.95. The van der Waals surface area contributed by atoms with Crippen LogP contribution in [-0.2, 0) is 20.9 Å². The molecule has 0 atom stereocenters. The third-order valence-corrected chi connectivity index (χ3v) is 5.10. The molecule has 0 spiro atoms. The molecule has 1 aromatic carbocycles. The van der Waals surface area contributed by atoms with Gasteiger partial charge in [-0.2, -0.15) is 4.99 Å². The largest absolute Gasteiger partial charge is 0.466 e. The summed E-state index contributed by atoms with van der Waals surface area (Å²) in [4.78, 5) is 29.2. The highest BCUT2D eigenvalue weighted by atomic mass is 32.1. The van der Waals surface area contributed by atoms with Gasteiger partial charge in [0.25, 0.3) is 5.91 Å². The predicted molar refractivity (Wildman–Crippen MR) is 105 cm³/mol. The molecule has 0 radical (unpaired) electrons. The van der Waals surface area contributed by atoms with Crippen LogP contribution in [0.3, 0.4) is 0 Å². The lowest BCUT2D eigenvalue weighted by Gasteiger charge is -2.12. The maximum absolute atomic E-state index is 12.4. The zero-order valence-corrected chi connectivity index (χ0v) is 17.3. The molecule has 0 saturated carbocycles. The van der Waals surface area contributed by atoms with Gasteiger partial charge in [-0.15, -0.1) is 0 Å². The van der Waals surface area contributed by atoms with Crippen molar-refractivity contribution < 1.29 is 14.3 Å². The van der Waals surface area contributed by atoms with E-state index in [9.17, 15) is 9.59 Å². The number of nitrogens with zero attached hydrogens (tertiary/aromatic N) is 2. The summed E-state index contributed by atoms with van der Waals surface area (Å²) in [5, 5.41) is 0. The number of amides is 1. The third kappa shape index (κ3) is 4.81. The monoisotopic (exact) mass is 376 g/mol. The van der Waals surface area contributed by atoms with Crippen molar-refractivity contribution in [3.63, 3.8) is 0 Å². The molecule has 0 aliphatic rings. The summed E-state index contributed by atoms with van der Waals surface area (Å²) < 4.78 is 8.05. The molecule has 1 aromatic heterocycles. The average Bonchev–Trinajstić information content (AvgIpc) is 2.88. The van der Waals surface area contributed by atoms with E-state index >= 15 is 0 Å². The van der Waals surface area contributed by atoms with Gasteiger partial charge in [0, 0.05) is 12.0 Å². The van der Waals surface area contributed by atoms with E-state index in [2.05, 4.69) is 31.0 Å². The lowest BCUT2D eigenvalue weighted by atomic mass is 9.96. The van der Waals surface area contributed by atoms with E-state index in [1.807, 2.05) is 31.4 Å². The van der Waals surface area contributed by atoms with Crippen LogP contribution in [0.2, 0.25) is 0 Å². The standard InChI is InChI=1S/C20H28N2O3S/c1-7-25-17(23)10-11-22-15-9-8-14(13(2)3)12-16(15)26-19(22)21-18(24)20(4,5)6/h8-9,12-13H,7,10-11H2,1-6H3. The number of esters is 1. The topological polar surface area (TPSA) is 60.7 Å². The van der Waals surface area contributed by atoms with Gasteiger partial charge >= 0.3 is 5.97 Å². The Morgan fingerprint density at radius 3 is 2.54 bits per heavy atom. The number of thiazole rings is 1. The Bertz CT molecular complexity index is 869. The first kappa shape index (κ1) is 20.4. The van der Waals surface area contributed by atoms with Crippen molar-refractivity contribution in [2.75, 3.05) is 6.61 Å². The molecule has 6 heteroatoms. The molecule has 0 aliphatic carbocycles. The highest BCUT2D eigenvalue weighted by Gasteiger charge is 2.21. The van der Waals surface area contributed by atoms with Gasteiger partial charge in [-0.25, -0.2) is 0 Å². The predicted octanol–water partition coefficient (Wildman–Crippen LogP) is 4.25. The fourth-order valence-electron chi connectivity index (χ4n) is 2.44. The number of benzene rings is 1. The minimum atomic E-state index is -0.543. The van der Waals surface area contributed by atoms with Crippen molar-refractivity contribution in [1.29, 1.82) is 0 Å². The molecule has 0 aliphatic heterocycles. The number of carbonyl (C=O) groups excluding carboxylic acids is 2. The lowest BCUT2D eigenvalue weighted by molar-refractivity contribution is -0.143. The molecule has 26 heavy (non-hydrogen) atoms. The Kier molecular flexibility index (Phi) is 6.39. The first-order chi connectivity index (χ1) is 12.1. The Morgan fingerprint density at radius 1 is 1.27 bits per heavy atom. The van der Waals surface area contributed by atoms with Crippen molar-refractivity contribution in [1.82, 2.24) is 4.57 Å². The van der Waals surface area contributed by atoms with Crippen molar-refractivity contribution in [2.24, 2.45) is 10.4 Å². The van der Waals surface area contributed by atoms with E-state index in [4.69, 9.17) is 4.74 Å². The molecule has 5 nitrogen and oxygen atoms in total. The molecule has 142 valence electrons. The van der Waals surface area contributed by atoms with Crippen molar-refractivity contribution in [2.45, 2.75) is 60.4 Å². The van der Waals surface area contributed by atoms with Crippen molar-refractivity contribution in [3.8, 4) is 0 Å². The van der Waals surface area contributed by atoms with Crippen LogP contribution in [0.25, 0.3) is 10.2 Å². The Labute approximate surface area is 158 Å². The second-order valence-electron chi connectivity index (χ2n) is 7.64. The first-order valence-corrected chi connectivity index (χ1v) is 9.83. The maximum atomic E-state index is 12.4. The summed E-state index contributed by atoms with van der Waals surface area (Å²) in [5.74, 6) is 0.00958. The second kappa shape index (κ2) is 8.16. The zero-order chi connectivity index (χ0) is 19.5. The van der Waals surface area contributed by atoms with Crippen LogP contribution in [0.5, 0.6) is 0 Å². The summed E-state index contributed by atoms with van der Waals surface area (Å²) in [6.45, 7) is 12.5. The van der Waals surface area contributed by atoms with E-state index in [1.165, 1.54) is 16.9 Å². The van der Waals surface area contributed by atoms with Gasteiger partial charge in [0.2, 0.25) is 0 Å². The van der Waals surface area contributed by atoms with Gasteiger partial charge < -0.3 is 9.30 Å². The molecule has 0 unspecified atom stereocenters. The molecule has 2 rings (SSSR count). The third-order valence-electron chi connectivity index (χ3n) is 4.06. The van der Waals surface area contributed by atoms with E-state index in [1.54, 1.807) is 6.92 Å². The van der Waals surface area contributed by atoms with Crippen molar-refractivity contribution >= 4 is 33.4 Å². The van der Waals surface area contributed by atoms with Gasteiger partial charge in [-0.1, -0.05) is 52.0 Å². The van der Waals surface area contributed by atoms with Crippen LogP contribution in [-0.4, -0.2) is 23.1 Å². The maximum Gasteiger partial charge on any atom is 0.307 e. The van der Waals surface area contributed by atoms with Crippen LogP contribution in [0.15, 0.2) is 23.2 Å². The fraction of sp³-hybridized carbons (Fsp3) is 0.550. The van der Waals surface area contributed by atoms with Gasteiger partial charge in [0.05, 0.1) is 23.2 Å². The van der Waals surface area contributed by atoms with Gasteiger partial charge in [-0.05, 0) is 30.5 Å². The lowest BCUT2D eigenvalue weighted by Crippen LogP contribution is -2.24. The molecule has 1 heterocycles. The average molecular weight is 377 g/mol. The number of hydrogen-bond acceptors (Lipinski definition) is 4. The van der Waals surface area contributed by atoms with Gasteiger partial charge in [-0.3, -0.25) is 9.59 Å². The highest BCUT2D eigenvalue weighted by Crippen LogP contribution is 2.24. The number of aromatic nitrogens is 1. The minimum Gasteiger partial charge on any atom is -0.466 e. The molecular formula is C20H28N2O3S. The highest BCUT2D eigenvalue weighted by molar-refractivity contribution is 7.16. The van der Waals surface area contributed by atoms with E-state index < -0.39 is 5.41 Å². The SMILES string of the molecule is CCOC(=O)CCn1c(=NC(=O)C(C)(C)C)sc2cc(C(C)C)ccc21. The molecule has 0 bridgehead atoms. The number of fused-ring (bicyclic) bond motifs is 1. The van der Waals surface area contributed by atoms with Crippen LogP contribution in [0.4, 0.5) is 0 Å². The van der Waals surface area contributed by atoms with Gasteiger partial charge in [0.1, 0.15) is 0 Å². The minimum absolute atomic E-state index is 0.168. The van der Waals surface area contributed by atoms with E-state index in [0.717, 1.165) is 10.2 Å². The van der Waals surface area contributed by atoms with Crippen LogP contribution in [0, 0.1) is 5.41 Å². The molecule has 2 aromatic rings. The summed E-state index contributed by atoms with van der Waals surface area (Å²) in [6.07, 6.45) is 0.252. The number of aryl methyl sites for hydroxylation is 1. The summed E-state index contributed by atoms with van der Waals surface area (Å²) >= 11 is 1.49. The number of ether oxygens (including phenoxy) is 1. The summed E-state index contributed by atoms with van der Waals surface area (Å²) in [5.41, 5.74) is 1.69. The van der Waals surface area contributed by atoms with E-state index in [-0.39, 0.29) is 18.3 Å². The number of carbonyl (C=O) groups is 2. The Morgan fingerprint density at radius 2 is 1.96 bits per heavy atom. The normalized spacial score (nSPS) is 12.8. The number of rotatable bonds is 5. The summed E-state index contributed by atoms with van der Waals surface area (Å²) in [7, 11) is 0. The molecule has 1 amide bonds. The zero-order valence-electron chi connectivity index (χ0n) is 16.5. The quantitative estimate of drug-likeness (QED) is 0.733. The van der Waals surface area contributed by atoms with Crippen LogP contribution in [0.1, 0.15) is 59.4 Å². The first-order valence-electron chi connectivity index (χ1n) is 9.01. The number of hydrogen-bond donors (Lipinski definition) is 0. The Balaban J connectivity index is 2.53. The van der Waals surface area contributed by atoms with Crippen molar-refractivity contribution in [3.05, 3.63) is 28.6 Å².